The number of amides is 1. The van der Waals surface area contributed by atoms with Crippen LogP contribution < -0.4 is 14.8 Å². The molecule has 0 atom stereocenters. The third kappa shape index (κ3) is 4.46. The first-order valence-electron chi connectivity index (χ1n) is 7.22. The van der Waals surface area contributed by atoms with Crippen molar-refractivity contribution in [3.05, 3.63) is 57.3 Å². The summed E-state index contributed by atoms with van der Waals surface area (Å²) in [7, 11) is 2.80. The number of halogens is 5. The molecule has 0 aromatic heterocycles. The summed E-state index contributed by atoms with van der Waals surface area (Å²) in [6.07, 6.45) is -4.73. The Labute approximate surface area is 155 Å². The summed E-state index contributed by atoms with van der Waals surface area (Å²) in [4.78, 5) is 12.3. The van der Waals surface area contributed by atoms with Crippen LogP contribution in [0.5, 0.6) is 11.5 Å². The molecule has 0 bridgehead atoms. The van der Waals surface area contributed by atoms with Crippen LogP contribution in [-0.2, 0) is 12.7 Å². The minimum Gasteiger partial charge on any atom is -0.495 e. The van der Waals surface area contributed by atoms with Crippen molar-refractivity contribution in [3.8, 4) is 11.5 Å². The number of hydrogen-bond acceptors (Lipinski definition) is 3. The molecule has 0 saturated carbocycles. The monoisotopic (exact) mass is 435 g/mol. The van der Waals surface area contributed by atoms with Gasteiger partial charge in [-0.25, -0.2) is 4.39 Å². The van der Waals surface area contributed by atoms with E-state index >= 15 is 0 Å². The molecule has 9 heteroatoms. The van der Waals surface area contributed by atoms with E-state index in [-0.39, 0.29) is 11.1 Å². The van der Waals surface area contributed by atoms with Crippen molar-refractivity contribution in [1.29, 1.82) is 0 Å². The standard InChI is InChI=1S/C17H14BrF4NO3/c1-25-13-5-10(6-14(26-2)15(13)18)16(24)23-8-9-3-4-11(19)7-12(9)17(20,21)22/h3-7H,8H2,1-2H3,(H,23,24). The molecular formula is C17H14BrF4NO3. The Bertz CT molecular complexity index is 799. The fourth-order valence-corrected chi connectivity index (χ4v) is 2.80. The van der Waals surface area contributed by atoms with E-state index in [1.165, 1.54) is 26.4 Å². The minimum atomic E-state index is -4.73. The van der Waals surface area contributed by atoms with Crippen LogP contribution in [0.3, 0.4) is 0 Å². The van der Waals surface area contributed by atoms with Crippen LogP contribution in [0.1, 0.15) is 21.5 Å². The van der Waals surface area contributed by atoms with Crippen molar-refractivity contribution in [3.63, 3.8) is 0 Å². The summed E-state index contributed by atoms with van der Waals surface area (Å²) in [5, 5.41) is 2.38. The second-order valence-electron chi connectivity index (χ2n) is 5.18. The lowest BCUT2D eigenvalue weighted by atomic mass is 10.1. The Hall–Kier alpha value is -2.29. The number of benzene rings is 2. The molecule has 0 aliphatic heterocycles. The number of rotatable bonds is 5. The maximum Gasteiger partial charge on any atom is 0.416 e. The van der Waals surface area contributed by atoms with Crippen molar-refractivity contribution >= 4 is 21.8 Å². The molecule has 0 aliphatic carbocycles. The number of methoxy groups -OCH3 is 2. The molecule has 0 aliphatic rings. The number of ether oxygens (including phenoxy) is 2. The van der Waals surface area contributed by atoms with Crippen molar-refractivity contribution in [2.75, 3.05) is 14.2 Å². The summed E-state index contributed by atoms with van der Waals surface area (Å²) >= 11 is 3.26. The topological polar surface area (TPSA) is 47.6 Å². The van der Waals surface area contributed by atoms with Gasteiger partial charge >= 0.3 is 6.18 Å². The van der Waals surface area contributed by atoms with E-state index in [1.807, 2.05) is 0 Å². The van der Waals surface area contributed by atoms with Crippen molar-refractivity contribution < 1.29 is 31.8 Å². The molecule has 2 aromatic rings. The largest absolute Gasteiger partial charge is 0.495 e. The van der Waals surface area contributed by atoms with Crippen LogP contribution >= 0.6 is 15.9 Å². The second kappa shape index (κ2) is 7.94. The van der Waals surface area contributed by atoms with Crippen molar-refractivity contribution in [2.24, 2.45) is 0 Å². The third-order valence-electron chi connectivity index (χ3n) is 3.52. The molecule has 2 rings (SSSR count). The number of hydrogen-bond donors (Lipinski definition) is 1. The van der Waals surface area contributed by atoms with Gasteiger partial charge in [0, 0.05) is 12.1 Å². The highest BCUT2D eigenvalue weighted by atomic mass is 79.9. The van der Waals surface area contributed by atoms with Crippen LogP contribution in [0.15, 0.2) is 34.8 Å². The third-order valence-corrected chi connectivity index (χ3v) is 4.31. The SMILES string of the molecule is COc1cc(C(=O)NCc2ccc(F)cc2C(F)(F)F)cc(OC)c1Br. The molecule has 0 heterocycles. The molecule has 0 saturated heterocycles. The van der Waals surface area contributed by atoms with Gasteiger partial charge in [-0.15, -0.1) is 0 Å². The lowest BCUT2D eigenvalue weighted by Crippen LogP contribution is -2.24. The summed E-state index contributed by atoms with van der Waals surface area (Å²) in [5.74, 6) is -0.985. The first-order chi connectivity index (χ1) is 12.2. The van der Waals surface area contributed by atoms with Crippen molar-refractivity contribution in [1.82, 2.24) is 5.32 Å². The van der Waals surface area contributed by atoms with Gasteiger partial charge in [0.1, 0.15) is 21.8 Å². The molecule has 0 spiro atoms. The average molecular weight is 436 g/mol. The van der Waals surface area contributed by atoms with Crippen LogP contribution in [0.2, 0.25) is 0 Å². The lowest BCUT2D eigenvalue weighted by Gasteiger charge is -2.14. The van der Waals surface area contributed by atoms with E-state index in [4.69, 9.17) is 9.47 Å². The number of carbonyl (C=O) groups is 1. The predicted molar refractivity (Wildman–Crippen MR) is 89.8 cm³/mol. The van der Waals surface area contributed by atoms with Crippen molar-refractivity contribution in [2.45, 2.75) is 12.7 Å². The Morgan fingerprint density at radius 3 is 2.19 bits per heavy atom. The van der Waals surface area contributed by atoms with Gasteiger partial charge in [0.15, 0.2) is 0 Å². The molecule has 0 unspecified atom stereocenters. The molecule has 0 radical (unpaired) electrons. The molecule has 0 fully saturated rings. The van der Waals surface area contributed by atoms with E-state index < -0.39 is 30.0 Å². The van der Waals surface area contributed by atoms with Gasteiger partial charge in [-0.05, 0) is 45.8 Å². The highest BCUT2D eigenvalue weighted by Crippen LogP contribution is 2.36. The van der Waals surface area contributed by atoms with E-state index in [1.54, 1.807) is 0 Å². The summed E-state index contributed by atoms with van der Waals surface area (Å²) in [6, 6.07) is 5.12. The maximum absolute atomic E-state index is 13.1. The quantitative estimate of drug-likeness (QED) is 0.700. The normalized spacial score (nSPS) is 11.2. The van der Waals surface area contributed by atoms with E-state index in [9.17, 15) is 22.4 Å². The predicted octanol–water partition coefficient (Wildman–Crippen LogP) is 4.55. The van der Waals surface area contributed by atoms with E-state index in [0.29, 0.717) is 22.0 Å². The number of alkyl halides is 3. The van der Waals surface area contributed by atoms with Gasteiger partial charge in [0.2, 0.25) is 0 Å². The van der Waals surface area contributed by atoms with Crippen LogP contribution in [0.25, 0.3) is 0 Å². The average Bonchev–Trinajstić information content (AvgIpc) is 2.59. The Kier molecular flexibility index (Phi) is 6.12. The zero-order valence-electron chi connectivity index (χ0n) is 13.7. The number of carbonyl (C=O) groups excluding carboxylic acids is 1. The zero-order valence-corrected chi connectivity index (χ0v) is 15.3. The lowest BCUT2D eigenvalue weighted by molar-refractivity contribution is -0.138. The second-order valence-corrected chi connectivity index (χ2v) is 5.97. The van der Waals surface area contributed by atoms with Crippen LogP contribution in [0, 0.1) is 5.82 Å². The van der Waals surface area contributed by atoms with Gasteiger partial charge in [0.25, 0.3) is 5.91 Å². The fourth-order valence-electron chi connectivity index (χ4n) is 2.24. The molecule has 140 valence electrons. The maximum atomic E-state index is 13.1. The van der Waals surface area contributed by atoms with Gasteiger partial charge in [-0.3, -0.25) is 4.79 Å². The Morgan fingerprint density at radius 1 is 1.12 bits per heavy atom. The first-order valence-corrected chi connectivity index (χ1v) is 8.02. The number of nitrogens with one attached hydrogen (secondary N) is 1. The highest BCUT2D eigenvalue weighted by molar-refractivity contribution is 9.10. The van der Waals surface area contributed by atoms with Gasteiger partial charge in [-0.2, -0.15) is 13.2 Å². The molecule has 26 heavy (non-hydrogen) atoms. The van der Waals surface area contributed by atoms with E-state index in [2.05, 4.69) is 21.2 Å². The minimum absolute atomic E-state index is 0.137. The molecule has 4 nitrogen and oxygen atoms in total. The smallest absolute Gasteiger partial charge is 0.416 e. The zero-order chi connectivity index (χ0) is 19.5. The molecule has 1 N–H and O–H groups in total. The molecular weight excluding hydrogens is 422 g/mol. The van der Waals surface area contributed by atoms with Gasteiger partial charge < -0.3 is 14.8 Å². The fraction of sp³-hybridized carbons (Fsp3) is 0.235. The first kappa shape index (κ1) is 20.0. The Morgan fingerprint density at radius 2 is 1.69 bits per heavy atom. The molecule has 1 amide bonds. The summed E-state index contributed by atoms with van der Waals surface area (Å²) in [5.41, 5.74) is -1.25. The van der Waals surface area contributed by atoms with Gasteiger partial charge in [-0.1, -0.05) is 6.07 Å². The molecule has 2 aromatic carbocycles. The Balaban J connectivity index is 2.25. The van der Waals surface area contributed by atoms with Crippen LogP contribution in [-0.4, -0.2) is 20.1 Å². The van der Waals surface area contributed by atoms with E-state index in [0.717, 1.165) is 12.1 Å². The highest BCUT2D eigenvalue weighted by Gasteiger charge is 2.33. The summed E-state index contributed by atoms with van der Waals surface area (Å²) in [6.45, 7) is -0.422. The van der Waals surface area contributed by atoms with Gasteiger partial charge in [0.05, 0.1) is 19.8 Å². The summed E-state index contributed by atoms with van der Waals surface area (Å²) < 4.78 is 62.9. The van der Waals surface area contributed by atoms with Crippen LogP contribution in [0.4, 0.5) is 17.6 Å².